The predicted molar refractivity (Wildman–Crippen MR) is 95.7 cm³/mol. The molecule has 130 valence electrons. The highest BCUT2D eigenvalue weighted by Crippen LogP contribution is 2.26. The highest BCUT2D eigenvalue weighted by atomic mass is 16.3. The Labute approximate surface area is 142 Å². The molecule has 0 aliphatic rings. The number of nitrogens with one attached hydrogen (secondary N) is 2. The monoisotopic (exact) mass is 330 g/mol. The second-order valence-corrected chi connectivity index (χ2v) is 7.17. The summed E-state index contributed by atoms with van der Waals surface area (Å²) in [6.45, 7) is 6.13. The maximum absolute atomic E-state index is 12.3. The fourth-order valence-electron chi connectivity index (χ4n) is 2.63. The molecule has 0 fully saturated rings. The maximum atomic E-state index is 12.3. The molecule has 0 bridgehead atoms. The molecule has 6 heteroatoms. The average molecular weight is 330 g/mol. The number of aliphatic hydroxyl groups excluding tert-OH is 1. The van der Waals surface area contributed by atoms with Crippen molar-refractivity contribution in [3.63, 3.8) is 0 Å². The summed E-state index contributed by atoms with van der Waals surface area (Å²) in [7, 11) is 1.81. The van der Waals surface area contributed by atoms with Crippen molar-refractivity contribution in [3.05, 3.63) is 36.5 Å². The van der Waals surface area contributed by atoms with Crippen molar-refractivity contribution in [1.82, 2.24) is 15.1 Å². The first-order chi connectivity index (χ1) is 11.3. The van der Waals surface area contributed by atoms with Crippen molar-refractivity contribution in [2.45, 2.75) is 33.2 Å². The Morgan fingerprint density at radius 2 is 1.96 bits per heavy atom. The number of urea groups is 1. The number of amides is 2. The van der Waals surface area contributed by atoms with Crippen molar-refractivity contribution in [1.29, 1.82) is 0 Å². The summed E-state index contributed by atoms with van der Waals surface area (Å²) in [5, 5.41) is 19.6. The van der Waals surface area contributed by atoms with Crippen LogP contribution in [0.5, 0.6) is 0 Å². The van der Waals surface area contributed by atoms with Gasteiger partial charge in [-0.2, -0.15) is 5.10 Å². The minimum absolute atomic E-state index is 0.0180. The maximum Gasteiger partial charge on any atom is 0.319 e. The highest BCUT2D eigenvalue weighted by Gasteiger charge is 2.20. The van der Waals surface area contributed by atoms with Crippen LogP contribution in [0.4, 0.5) is 10.5 Å². The molecule has 1 aromatic carbocycles. The van der Waals surface area contributed by atoms with E-state index in [0.717, 1.165) is 5.56 Å². The largest absolute Gasteiger partial charge is 0.394 e. The minimum atomic E-state index is -0.344. The van der Waals surface area contributed by atoms with Gasteiger partial charge in [0.05, 0.1) is 18.3 Å². The molecule has 6 nitrogen and oxygen atoms in total. The zero-order valence-electron chi connectivity index (χ0n) is 14.7. The number of hydrogen-bond donors (Lipinski definition) is 3. The van der Waals surface area contributed by atoms with E-state index in [4.69, 9.17) is 0 Å². The van der Waals surface area contributed by atoms with E-state index in [1.54, 1.807) is 10.9 Å². The fraction of sp³-hybridized carbons (Fsp3) is 0.444. The number of benzene rings is 1. The number of hydrogen-bond acceptors (Lipinski definition) is 3. The first-order valence-corrected chi connectivity index (χ1v) is 8.06. The number of rotatable bonds is 5. The van der Waals surface area contributed by atoms with E-state index in [2.05, 4.69) is 36.5 Å². The van der Waals surface area contributed by atoms with Crippen molar-refractivity contribution in [2.24, 2.45) is 12.5 Å². The SMILES string of the molecule is Cn1cc(NC(=O)NC(CO)CC(C)(C)C)c(-c2ccccc2)n1. The molecule has 1 aromatic heterocycles. The van der Waals surface area contributed by atoms with Crippen LogP contribution in [0.25, 0.3) is 11.3 Å². The Hall–Kier alpha value is -2.34. The van der Waals surface area contributed by atoms with Gasteiger partial charge in [-0.15, -0.1) is 0 Å². The van der Waals surface area contributed by atoms with Gasteiger partial charge in [0.15, 0.2) is 0 Å². The molecule has 0 aliphatic carbocycles. The van der Waals surface area contributed by atoms with Crippen molar-refractivity contribution < 1.29 is 9.90 Å². The lowest BCUT2D eigenvalue weighted by Gasteiger charge is -2.25. The quantitative estimate of drug-likeness (QED) is 0.788. The molecule has 2 rings (SSSR count). The van der Waals surface area contributed by atoms with Gasteiger partial charge >= 0.3 is 6.03 Å². The number of carbonyl (C=O) groups is 1. The third kappa shape index (κ3) is 5.09. The Balaban J connectivity index is 2.09. The van der Waals surface area contributed by atoms with Gasteiger partial charge in [-0.1, -0.05) is 51.1 Å². The second-order valence-electron chi connectivity index (χ2n) is 7.17. The molecular formula is C18H26N4O2. The zero-order chi connectivity index (χ0) is 17.7. The first kappa shape index (κ1) is 18.0. The molecule has 0 saturated carbocycles. The van der Waals surface area contributed by atoms with Crippen LogP contribution in [0, 0.1) is 5.41 Å². The Morgan fingerprint density at radius 1 is 1.29 bits per heavy atom. The van der Waals surface area contributed by atoms with E-state index in [1.807, 2.05) is 37.4 Å². The van der Waals surface area contributed by atoms with E-state index < -0.39 is 0 Å². The van der Waals surface area contributed by atoms with E-state index in [0.29, 0.717) is 17.8 Å². The normalized spacial score (nSPS) is 12.7. The van der Waals surface area contributed by atoms with Crippen molar-refractivity contribution in [3.8, 4) is 11.3 Å². The van der Waals surface area contributed by atoms with Crippen LogP contribution < -0.4 is 10.6 Å². The molecule has 2 aromatic rings. The van der Waals surface area contributed by atoms with Gasteiger partial charge in [0.1, 0.15) is 5.69 Å². The third-order valence-corrected chi connectivity index (χ3v) is 3.54. The molecule has 1 heterocycles. The number of aromatic nitrogens is 2. The van der Waals surface area contributed by atoms with Crippen molar-refractivity contribution in [2.75, 3.05) is 11.9 Å². The summed E-state index contributed by atoms with van der Waals surface area (Å²) in [4.78, 5) is 12.3. The summed E-state index contributed by atoms with van der Waals surface area (Å²) in [6.07, 6.45) is 2.45. The molecular weight excluding hydrogens is 304 g/mol. The lowest BCUT2D eigenvalue weighted by molar-refractivity contribution is 0.196. The number of nitrogens with zero attached hydrogens (tertiary/aromatic N) is 2. The van der Waals surface area contributed by atoms with Gasteiger partial charge in [-0.05, 0) is 11.8 Å². The second kappa shape index (κ2) is 7.49. The van der Waals surface area contributed by atoms with E-state index >= 15 is 0 Å². The Bertz CT molecular complexity index is 674. The van der Waals surface area contributed by atoms with Crippen molar-refractivity contribution >= 4 is 11.7 Å². The summed E-state index contributed by atoms with van der Waals surface area (Å²) in [6, 6.07) is 9.05. The van der Waals surface area contributed by atoms with Crippen LogP contribution in [0.3, 0.4) is 0 Å². The van der Waals surface area contributed by atoms with Crippen LogP contribution >= 0.6 is 0 Å². The average Bonchev–Trinajstić information content (AvgIpc) is 2.86. The van der Waals surface area contributed by atoms with Gasteiger partial charge in [0.25, 0.3) is 0 Å². The van der Waals surface area contributed by atoms with Gasteiger partial charge < -0.3 is 15.7 Å². The number of aliphatic hydroxyl groups is 1. The fourth-order valence-corrected chi connectivity index (χ4v) is 2.63. The summed E-state index contributed by atoms with van der Waals surface area (Å²) in [5.74, 6) is 0. The molecule has 0 spiro atoms. The lowest BCUT2D eigenvalue weighted by Crippen LogP contribution is -2.42. The first-order valence-electron chi connectivity index (χ1n) is 8.06. The highest BCUT2D eigenvalue weighted by molar-refractivity contribution is 5.93. The molecule has 1 atom stereocenters. The zero-order valence-corrected chi connectivity index (χ0v) is 14.7. The molecule has 1 unspecified atom stereocenters. The third-order valence-electron chi connectivity index (χ3n) is 3.54. The summed E-state index contributed by atoms with van der Waals surface area (Å²) >= 11 is 0. The Morgan fingerprint density at radius 3 is 2.54 bits per heavy atom. The lowest BCUT2D eigenvalue weighted by atomic mass is 9.88. The molecule has 2 amide bonds. The molecule has 0 aliphatic heterocycles. The van der Waals surface area contributed by atoms with Crippen LogP contribution in [0.2, 0.25) is 0 Å². The van der Waals surface area contributed by atoms with Gasteiger partial charge in [-0.25, -0.2) is 4.79 Å². The molecule has 3 N–H and O–H groups in total. The molecule has 0 saturated heterocycles. The van der Waals surface area contributed by atoms with Crippen LogP contribution in [0.1, 0.15) is 27.2 Å². The van der Waals surface area contributed by atoms with Gasteiger partial charge in [0, 0.05) is 18.8 Å². The van der Waals surface area contributed by atoms with E-state index in [9.17, 15) is 9.90 Å². The molecule has 0 radical (unpaired) electrons. The van der Waals surface area contributed by atoms with Gasteiger partial charge in [-0.3, -0.25) is 4.68 Å². The minimum Gasteiger partial charge on any atom is -0.394 e. The Kier molecular flexibility index (Phi) is 5.62. The predicted octanol–water partition coefficient (Wildman–Crippen LogP) is 3.01. The van der Waals surface area contributed by atoms with Crippen LogP contribution in [-0.2, 0) is 7.05 Å². The van der Waals surface area contributed by atoms with E-state index in [-0.39, 0.29) is 24.1 Å². The topological polar surface area (TPSA) is 79.2 Å². The van der Waals surface area contributed by atoms with Gasteiger partial charge in [0.2, 0.25) is 0 Å². The number of aryl methyl sites for hydroxylation is 1. The molecule has 24 heavy (non-hydrogen) atoms. The van der Waals surface area contributed by atoms with Crippen LogP contribution in [-0.4, -0.2) is 33.6 Å². The van der Waals surface area contributed by atoms with E-state index in [1.165, 1.54) is 0 Å². The number of anilines is 1. The number of carbonyl (C=O) groups excluding carboxylic acids is 1. The van der Waals surface area contributed by atoms with Crippen LogP contribution in [0.15, 0.2) is 36.5 Å². The summed E-state index contributed by atoms with van der Waals surface area (Å²) < 4.78 is 1.66. The summed E-state index contributed by atoms with van der Waals surface area (Å²) in [5.41, 5.74) is 2.30. The smallest absolute Gasteiger partial charge is 0.319 e. The standard InChI is InChI=1S/C18H26N4O2/c1-18(2,3)10-14(12-23)19-17(24)20-15-11-22(4)21-16(15)13-8-6-5-7-9-13/h5-9,11,14,23H,10,12H2,1-4H3,(H2,19,20,24).